The standard InChI is InChI=1S/C30H38N4O4/c1-2-38-28(35)20-23(10-8-9-22-13-16-31-17-14-22)29(36)33-26-19-24-21-34(27-12-5-4-11-25(24)27)18-7-3-6-15-32-30(26)37/h4-5,11-14,16-17,21,23,26H,2-3,6-10,15,18-20H2,1H3,(H,32,37)(H,33,36)/t23-,26+/m1/s1. The van der Waals surface area contributed by atoms with Crippen LogP contribution in [0.1, 0.15) is 56.6 Å². The molecule has 0 saturated carbocycles. The van der Waals surface area contributed by atoms with E-state index in [9.17, 15) is 14.4 Å². The van der Waals surface area contributed by atoms with Gasteiger partial charge in [0.15, 0.2) is 0 Å². The topological polar surface area (TPSA) is 102 Å². The molecule has 1 aliphatic heterocycles. The zero-order valence-corrected chi connectivity index (χ0v) is 22.2. The maximum absolute atomic E-state index is 13.5. The minimum atomic E-state index is -0.730. The third-order valence-corrected chi connectivity index (χ3v) is 7.16. The molecule has 8 heteroatoms. The number of benzene rings is 1. The Bertz CT molecular complexity index is 1220. The van der Waals surface area contributed by atoms with Crippen LogP contribution in [-0.4, -0.2) is 46.5 Å². The summed E-state index contributed by atoms with van der Waals surface area (Å²) in [5, 5.41) is 7.11. The van der Waals surface area contributed by atoms with Crippen LogP contribution in [0.4, 0.5) is 0 Å². The minimum Gasteiger partial charge on any atom is -0.466 e. The summed E-state index contributed by atoms with van der Waals surface area (Å²) in [6.45, 7) is 3.52. The number of carbonyl (C=O) groups is 3. The van der Waals surface area contributed by atoms with Crippen LogP contribution in [0.5, 0.6) is 0 Å². The number of aryl methyl sites for hydroxylation is 2. The van der Waals surface area contributed by atoms with E-state index in [1.807, 2.05) is 24.3 Å². The van der Waals surface area contributed by atoms with Crippen molar-refractivity contribution in [1.29, 1.82) is 0 Å². The van der Waals surface area contributed by atoms with Crippen LogP contribution >= 0.6 is 0 Å². The second-order valence-electron chi connectivity index (χ2n) is 9.94. The number of fused-ring (bicyclic) bond motifs is 5. The summed E-state index contributed by atoms with van der Waals surface area (Å²) in [4.78, 5) is 43.1. The fourth-order valence-corrected chi connectivity index (χ4v) is 5.16. The van der Waals surface area contributed by atoms with Gasteiger partial charge in [-0.25, -0.2) is 0 Å². The summed E-state index contributed by atoms with van der Waals surface area (Å²) in [7, 11) is 0. The highest BCUT2D eigenvalue weighted by Crippen LogP contribution is 2.24. The number of amides is 2. The van der Waals surface area contributed by atoms with Crippen molar-refractivity contribution in [3.8, 4) is 0 Å². The van der Waals surface area contributed by atoms with Crippen molar-refractivity contribution in [2.75, 3.05) is 13.2 Å². The highest BCUT2D eigenvalue weighted by atomic mass is 16.5. The predicted octanol–water partition coefficient (Wildman–Crippen LogP) is 3.96. The van der Waals surface area contributed by atoms with E-state index < -0.39 is 17.9 Å². The van der Waals surface area contributed by atoms with Crippen molar-refractivity contribution >= 4 is 28.7 Å². The van der Waals surface area contributed by atoms with Crippen LogP contribution in [0.15, 0.2) is 55.0 Å². The number of hydrogen-bond donors (Lipinski definition) is 2. The largest absolute Gasteiger partial charge is 0.466 e. The van der Waals surface area contributed by atoms with Crippen LogP contribution in [-0.2, 0) is 38.5 Å². The van der Waals surface area contributed by atoms with Crippen molar-refractivity contribution in [3.05, 3.63) is 66.1 Å². The number of para-hydroxylation sites is 1. The average molecular weight is 519 g/mol. The minimum absolute atomic E-state index is 0.0103. The Morgan fingerprint density at radius 1 is 1.16 bits per heavy atom. The smallest absolute Gasteiger partial charge is 0.306 e. The zero-order valence-electron chi connectivity index (χ0n) is 22.2. The lowest BCUT2D eigenvalue weighted by Gasteiger charge is -2.22. The summed E-state index contributed by atoms with van der Waals surface area (Å²) >= 11 is 0. The fraction of sp³-hybridized carbons (Fsp3) is 0.467. The number of hydrogen-bond acceptors (Lipinski definition) is 5. The van der Waals surface area contributed by atoms with Crippen LogP contribution < -0.4 is 10.6 Å². The maximum Gasteiger partial charge on any atom is 0.306 e. The Balaban J connectivity index is 1.52. The summed E-state index contributed by atoms with van der Waals surface area (Å²) < 4.78 is 7.40. The lowest BCUT2D eigenvalue weighted by Crippen LogP contribution is -2.50. The number of nitrogens with one attached hydrogen (secondary N) is 2. The van der Waals surface area contributed by atoms with E-state index in [4.69, 9.17) is 4.74 Å². The van der Waals surface area contributed by atoms with E-state index in [0.29, 0.717) is 19.4 Å². The lowest BCUT2D eigenvalue weighted by molar-refractivity contribution is -0.146. The molecule has 2 N–H and O–H groups in total. The second-order valence-corrected chi connectivity index (χ2v) is 9.94. The number of rotatable bonds is 9. The average Bonchev–Trinajstić information content (AvgIpc) is 3.27. The van der Waals surface area contributed by atoms with E-state index in [2.05, 4.69) is 38.5 Å². The van der Waals surface area contributed by atoms with Crippen molar-refractivity contribution < 1.29 is 19.1 Å². The zero-order chi connectivity index (χ0) is 26.7. The molecule has 0 fully saturated rings. The Morgan fingerprint density at radius 2 is 1.97 bits per heavy atom. The summed E-state index contributed by atoms with van der Waals surface area (Å²) in [6.07, 6.45) is 10.9. The van der Waals surface area contributed by atoms with E-state index in [1.54, 1.807) is 19.3 Å². The van der Waals surface area contributed by atoms with Gasteiger partial charge in [-0.1, -0.05) is 18.2 Å². The molecule has 202 valence electrons. The molecule has 4 rings (SSSR count). The van der Waals surface area contributed by atoms with Gasteiger partial charge in [-0.15, -0.1) is 0 Å². The van der Waals surface area contributed by atoms with Gasteiger partial charge < -0.3 is 19.9 Å². The number of esters is 1. The Morgan fingerprint density at radius 3 is 2.79 bits per heavy atom. The number of aromatic nitrogens is 2. The van der Waals surface area contributed by atoms with Gasteiger partial charge in [-0.05, 0) is 74.8 Å². The third kappa shape index (κ3) is 7.43. The highest BCUT2D eigenvalue weighted by molar-refractivity contribution is 5.91. The molecule has 0 spiro atoms. The van der Waals surface area contributed by atoms with Crippen LogP contribution in [0.25, 0.3) is 10.9 Å². The van der Waals surface area contributed by atoms with Crippen LogP contribution in [0.3, 0.4) is 0 Å². The van der Waals surface area contributed by atoms with Crippen molar-refractivity contribution in [3.63, 3.8) is 0 Å². The third-order valence-electron chi connectivity index (χ3n) is 7.16. The number of nitrogens with zero attached hydrogens (tertiary/aromatic N) is 2. The first-order chi connectivity index (χ1) is 18.5. The lowest BCUT2D eigenvalue weighted by atomic mass is 9.95. The Kier molecular flexibility index (Phi) is 9.90. The molecule has 2 aromatic heterocycles. The molecule has 0 aliphatic carbocycles. The van der Waals surface area contributed by atoms with Crippen LogP contribution in [0.2, 0.25) is 0 Å². The molecule has 1 aromatic carbocycles. The molecule has 2 bridgehead atoms. The molecule has 3 aromatic rings. The van der Waals surface area contributed by atoms with Gasteiger partial charge in [0.1, 0.15) is 6.04 Å². The van der Waals surface area contributed by atoms with Gasteiger partial charge >= 0.3 is 5.97 Å². The van der Waals surface area contributed by atoms with E-state index >= 15 is 0 Å². The van der Waals surface area contributed by atoms with E-state index in [1.165, 1.54) is 0 Å². The van der Waals surface area contributed by atoms with Gasteiger partial charge in [0.25, 0.3) is 0 Å². The van der Waals surface area contributed by atoms with Gasteiger partial charge in [-0.2, -0.15) is 0 Å². The molecule has 38 heavy (non-hydrogen) atoms. The molecular formula is C30H38N4O4. The molecule has 0 radical (unpaired) electrons. The number of carbonyl (C=O) groups excluding carboxylic acids is 3. The molecule has 2 amide bonds. The predicted molar refractivity (Wildman–Crippen MR) is 146 cm³/mol. The van der Waals surface area contributed by atoms with E-state index in [-0.39, 0.29) is 24.8 Å². The number of pyridine rings is 1. The highest BCUT2D eigenvalue weighted by Gasteiger charge is 2.28. The quantitative estimate of drug-likeness (QED) is 0.418. The molecule has 2 atom stereocenters. The molecule has 3 heterocycles. The van der Waals surface area contributed by atoms with Gasteiger partial charge in [0, 0.05) is 54.9 Å². The summed E-state index contributed by atoms with van der Waals surface area (Å²) in [5.74, 6) is -1.46. The van der Waals surface area contributed by atoms with Gasteiger partial charge in [-0.3, -0.25) is 19.4 Å². The molecular weight excluding hydrogens is 480 g/mol. The maximum atomic E-state index is 13.5. The first-order valence-corrected chi connectivity index (χ1v) is 13.7. The Hall–Kier alpha value is -3.68. The molecule has 1 aliphatic rings. The molecule has 0 unspecified atom stereocenters. The SMILES string of the molecule is CCOC(=O)C[C@@H](CCCc1ccncc1)C(=O)N[C@H]1Cc2cn(c3ccccc23)CCCCCNC1=O. The summed E-state index contributed by atoms with van der Waals surface area (Å²) in [5.41, 5.74) is 3.30. The monoisotopic (exact) mass is 518 g/mol. The molecule has 8 nitrogen and oxygen atoms in total. The normalized spacial score (nSPS) is 17.1. The first kappa shape index (κ1) is 27.4. The first-order valence-electron chi connectivity index (χ1n) is 13.7. The van der Waals surface area contributed by atoms with Crippen molar-refractivity contribution in [1.82, 2.24) is 20.2 Å². The fourth-order valence-electron chi connectivity index (χ4n) is 5.16. The second kappa shape index (κ2) is 13.7. The van der Waals surface area contributed by atoms with E-state index in [0.717, 1.165) is 60.7 Å². The van der Waals surface area contributed by atoms with Gasteiger partial charge in [0.2, 0.25) is 11.8 Å². The van der Waals surface area contributed by atoms with Crippen molar-refractivity contribution in [2.24, 2.45) is 5.92 Å². The summed E-state index contributed by atoms with van der Waals surface area (Å²) in [6, 6.07) is 11.4. The number of ether oxygens (including phenoxy) is 1. The van der Waals surface area contributed by atoms with Gasteiger partial charge in [0.05, 0.1) is 13.0 Å². The molecule has 0 saturated heterocycles. The van der Waals surface area contributed by atoms with Crippen LogP contribution in [0, 0.1) is 5.92 Å². The van der Waals surface area contributed by atoms with Crippen molar-refractivity contribution in [2.45, 2.75) is 70.9 Å². The Labute approximate surface area is 224 Å².